The van der Waals surface area contributed by atoms with Gasteiger partial charge in [0.1, 0.15) is 0 Å². The Kier molecular flexibility index (Phi) is 5.25. The molecular weight excluding hydrogens is 366 g/mol. The summed E-state index contributed by atoms with van der Waals surface area (Å²) < 4.78 is 43.1. The fraction of sp³-hybridized carbons (Fsp3) is 0.100. The largest absolute Gasteiger partial charge is 0.290 e. The van der Waals surface area contributed by atoms with Crippen molar-refractivity contribution < 1.29 is 12.6 Å². The van der Waals surface area contributed by atoms with Crippen LogP contribution in [0.25, 0.3) is 0 Å². The van der Waals surface area contributed by atoms with Gasteiger partial charge in [-0.1, -0.05) is 66.2 Å². The molecule has 6 heteroatoms. The van der Waals surface area contributed by atoms with Crippen LogP contribution in [0.15, 0.2) is 98.5 Å². The smallest absolute Gasteiger partial charge is 0.243 e. The SMILES string of the molecule is Cc1ccc(S(=O)(=O)N=S(=O)(Cc2ccccc2)c2ccccc2)cc1. The molecule has 0 aliphatic heterocycles. The summed E-state index contributed by atoms with van der Waals surface area (Å²) in [4.78, 5) is 0.444. The second-order valence-electron chi connectivity index (χ2n) is 5.95. The summed E-state index contributed by atoms with van der Waals surface area (Å²) in [5, 5.41) is 0. The third-order valence-electron chi connectivity index (χ3n) is 3.85. The molecule has 134 valence electrons. The average molecular weight is 386 g/mol. The zero-order chi connectivity index (χ0) is 18.6. The Morgan fingerprint density at radius 2 is 1.23 bits per heavy atom. The summed E-state index contributed by atoms with van der Waals surface area (Å²) in [5.41, 5.74) is 1.71. The van der Waals surface area contributed by atoms with E-state index in [4.69, 9.17) is 0 Å². The van der Waals surface area contributed by atoms with Crippen LogP contribution in [0.4, 0.5) is 0 Å². The molecule has 0 saturated carbocycles. The van der Waals surface area contributed by atoms with E-state index in [1.165, 1.54) is 12.1 Å². The molecule has 0 saturated heterocycles. The first-order chi connectivity index (χ1) is 12.4. The number of rotatable bonds is 5. The second-order valence-corrected chi connectivity index (χ2v) is 10.0. The maximum Gasteiger partial charge on any atom is 0.290 e. The predicted molar refractivity (Wildman–Crippen MR) is 104 cm³/mol. The Hall–Kier alpha value is -2.44. The van der Waals surface area contributed by atoms with E-state index >= 15 is 0 Å². The standard InChI is InChI=1S/C20H19NO3S2/c1-17-12-14-20(15-13-17)26(23,24)21-25(22,19-10-6-3-7-11-19)16-18-8-4-2-5-9-18/h2-15H,16H2,1H3. The van der Waals surface area contributed by atoms with E-state index in [-0.39, 0.29) is 10.6 Å². The maximum absolute atomic E-state index is 13.7. The van der Waals surface area contributed by atoms with Crippen LogP contribution in [-0.4, -0.2) is 12.6 Å². The van der Waals surface area contributed by atoms with Crippen molar-refractivity contribution >= 4 is 19.8 Å². The lowest BCUT2D eigenvalue weighted by atomic mass is 10.2. The number of benzene rings is 3. The van der Waals surface area contributed by atoms with Crippen LogP contribution in [0.5, 0.6) is 0 Å². The van der Waals surface area contributed by atoms with Gasteiger partial charge in [0.05, 0.1) is 20.4 Å². The highest BCUT2D eigenvalue weighted by Gasteiger charge is 2.21. The molecule has 0 N–H and O–H groups in total. The molecule has 26 heavy (non-hydrogen) atoms. The molecule has 1 atom stereocenters. The Morgan fingerprint density at radius 3 is 1.81 bits per heavy atom. The summed E-state index contributed by atoms with van der Waals surface area (Å²) in [6, 6.07) is 24.1. The minimum Gasteiger partial charge on any atom is -0.243 e. The van der Waals surface area contributed by atoms with Crippen molar-refractivity contribution in [3.8, 4) is 0 Å². The lowest BCUT2D eigenvalue weighted by Gasteiger charge is -2.11. The lowest BCUT2D eigenvalue weighted by molar-refractivity contribution is 0.598. The minimum absolute atomic E-state index is 0.0307. The van der Waals surface area contributed by atoms with Crippen LogP contribution in [-0.2, 0) is 25.5 Å². The van der Waals surface area contributed by atoms with Gasteiger partial charge in [-0.25, -0.2) is 4.21 Å². The van der Waals surface area contributed by atoms with E-state index < -0.39 is 19.8 Å². The Bertz CT molecular complexity index is 1100. The van der Waals surface area contributed by atoms with Gasteiger partial charge in [0.15, 0.2) is 0 Å². The zero-order valence-electron chi connectivity index (χ0n) is 14.3. The molecule has 0 bridgehead atoms. The monoisotopic (exact) mass is 385 g/mol. The molecule has 0 fully saturated rings. The number of sulfonamides is 1. The predicted octanol–water partition coefficient (Wildman–Crippen LogP) is 4.41. The van der Waals surface area contributed by atoms with Crippen LogP contribution >= 0.6 is 0 Å². The molecule has 3 aromatic carbocycles. The summed E-state index contributed by atoms with van der Waals surface area (Å²) in [5.74, 6) is 0.0307. The Balaban J connectivity index is 2.15. The number of hydrogen-bond acceptors (Lipinski definition) is 3. The van der Waals surface area contributed by atoms with Crippen molar-refractivity contribution in [3.63, 3.8) is 0 Å². The van der Waals surface area contributed by atoms with E-state index in [2.05, 4.69) is 3.77 Å². The topological polar surface area (TPSA) is 63.6 Å². The van der Waals surface area contributed by atoms with Gasteiger partial charge in [0, 0.05) is 4.90 Å². The highest BCUT2D eigenvalue weighted by molar-refractivity contribution is 8.03. The van der Waals surface area contributed by atoms with Gasteiger partial charge in [-0.2, -0.15) is 8.42 Å². The third-order valence-corrected chi connectivity index (χ3v) is 8.20. The fourth-order valence-electron chi connectivity index (χ4n) is 2.50. The van der Waals surface area contributed by atoms with Crippen LogP contribution in [0.3, 0.4) is 0 Å². The van der Waals surface area contributed by atoms with Gasteiger partial charge in [0.25, 0.3) is 10.0 Å². The van der Waals surface area contributed by atoms with E-state index in [9.17, 15) is 12.6 Å². The molecule has 0 spiro atoms. The molecule has 0 aliphatic carbocycles. The van der Waals surface area contributed by atoms with Gasteiger partial charge >= 0.3 is 0 Å². The molecule has 1 unspecified atom stereocenters. The van der Waals surface area contributed by atoms with Crippen molar-refractivity contribution in [2.75, 3.05) is 0 Å². The normalized spacial score (nSPS) is 13.7. The summed E-state index contributed by atoms with van der Waals surface area (Å²) in [7, 11) is -7.25. The molecular formula is C20H19NO3S2. The molecule has 0 radical (unpaired) electrons. The van der Waals surface area contributed by atoms with Gasteiger partial charge in [-0.05, 0) is 36.8 Å². The van der Waals surface area contributed by atoms with Crippen molar-refractivity contribution in [3.05, 3.63) is 96.1 Å². The summed E-state index contributed by atoms with van der Waals surface area (Å²) >= 11 is 0. The Morgan fingerprint density at radius 1 is 0.692 bits per heavy atom. The summed E-state index contributed by atoms with van der Waals surface area (Å²) in [6.45, 7) is 1.87. The number of nitrogens with zero attached hydrogens (tertiary/aromatic N) is 1. The Labute approximate surface area is 154 Å². The molecule has 3 aromatic rings. The van der Waals surface area contributed by atoms with Crippen molar-refractivity contribution in [2.45, 2.75) is 22.5 Å². The molecule has 0 aliphatic rings. The molecule has 4 nitrogen and oxygen atoms in total. The average Bonchev–Trinajstić information content (AvgIpc) is 2.63. The van der Waals surface area contributed by atoms with Gasteiger partial charge in [0.2, 0.25) is 0 Å². The maximum atomic E-state index is 13.7. The summed E-state index contributed by atoms with van der Waals surface area (Å²) in [6.07, 6.45) is 0. The lowest BCUT2D eigenvalue weighted by Crippen LogP contribution is -2.09. The number of hydrogen-bond donors (Lipinski definition) is 0. The molecule has 3 rings (SSSR count). The van der Waals surface area contributed by atoms with Crippen LogP contribution in [0, 0.1) is 6.92 Å². The van der Waals surface area contributed by atoms with E-state index in [0.29, 0.717) is 4.90 Å². The first-order valence-corrected chi connectivity index (χ1v) is 11.2. The quantitative estimate of drug-likeness (QED) is 0.653. The van der Waals surface area contributed by atoms with Crippen LogP contribution < -0.4 is 0 Å². The van der Waals surface area contributed by atoms with Crippen molar-refractivity contribution in [1.82, 2.24) is 0 Å². The van der Waals surface area contributed by atoms with Crippen molar-refractivity contribution in [2.24, 2.45) is 3.77 Å². The minimum atomic E-state index is -4.05. The van der Waals surface area contributed by atoms with Crippen LogP contribution in [0.2, 0.25) is 0 Å². The van der Waals surface area contributed by atoms with E-state index in [1.54, 1.807) is 42.5 Å². The molecule has 0 heterocycles. The highest BCUT2D eigenvalue weighted by Crippen LogP contribution is 2.23. The highest BCUT2D eigenvalue weighted by atomic mass is 32.3. The van der Waals surface area contributed by atoms with Crippen molar-refractivity contribution in [1.29, 1.82) is 0 Å². The van der Waals surface area contributed by atoms with Crippen LogP contribution in [0.1, 0.15) is 11.1 Å². The number of aryl methyl sites for hydroxylation is 1. The van der Waals surface area contributed by atoms with E-state index in [1.807, 2.05) is 37.3 Å². The molecule has 0 aromatic heterocycles. The molecule has 0 amide bonds. The second kappa shape index (κ2) is 7.43. The zero-order valence-corrected chi connectivity index (χ0v) is 15.9. The third kappa shape index (κ3) is 4.20. The van der Waals surface area contributed by atoms with Gasteiger partial charge < -0.3 is 0 Å². The first-order valence-electron chi connectivity index (χ1n) is 8.06. The van der Waals surface area contributed by atoms with E-state index in [0.717, 1.165) is 11.1 Å². The first kappa shape index (κ1) is 18.4. The van der Waals surface area contributed by atoms with Gasteiger partial charge in [-0.3, -0.25) is 0 Å². The fourth-order valence-corrected chi connectivity index (χ4v) is 6.54. The van der Waals surface area contributed by atoms with Gasteiger partial charge in [-0.15, -0.1) is 3.77 Å².